The van der Waals surface area contributed by atoms with Crippen LogP contribution in [0.25, 0.3) is 4.85 Å². The molecule has 1 N–H and O–H groups in total. The lowest BCUT2D eigenvalue weighted by molar-refractivity contribution is -0.134. The van der Waals surface area contributed by atoms with Crippen LogP contribution in [-0.2, 0) is 14.4 Å². The van der Waals surface area contributed by atoms with E-state index in [1.54, 1.807) is 12.2 Å². The van der Waals surface area contributed by atoms with Crippen LogP contribution in [0.15, 0.2) is 35.1 Å². The number of allylic oxidation sites excluding steroid dienone is 5. The number of Topliss-reactive ketones (excluding diaryl/α,β-unsaturated/α-hetero) is 1. The Bertz CT molecular complexity index is 851. The molecular weight excluding hydrogens is 318 g/mol. The highest BCUT2D eigenvalue weighted by atomic mass is 16.4. The van der Waals surface area contributed by atoms with E-state index in [0.29, 0.717) is 6.42 Å². The van der Waals surface area contributed by atoms with Gasteiger partial charge in [-0.25, -0.2) is 9.64 Å². The maximum Gasteiger partial charge on any atom is 0.339 e. The minimum atomic E-state index is -1.22. The summed E-state index contributed by atoms with van der Waals surface area (Å²) in [6, 6.07) is 0. The molecule has 0 unspecified atom stereocenters. The van der Waals surface area contributed by atoms with E-state index in [1.165, 1.54) is 6.08 Å². The molecule has 1 fully saturated rings. The summed E-state index contributed by atoms with van der Waals surface area (Å²) in [6.45, 7) is 15.0. The maximum atomic E-state index is 12.7. The van der Waals surface area contributed by atoms with Crippen LogP contribution in [0.1, 0.15) is 40.5 Å². The van der Waals surface area contributed by atoms with E-state index in [-0.39, 0.29) is 23.0 Å². The summed E-state index contributed by atoms with van der Waals surface area (Å²) in [5.41, 5.74) is -1.17. The van der Waals surface area contributed by atoms with Crippen LogP contribution in [0.3, 0.4) is 0 Å². The van der Waals surface area contributed by atoms with Crippen molar-refractivity contribution < 1.29 is 19.5 Å². The van der Waals surface area contributed by atoms with Gasteiger partial charge in [-0.15, -0.1) is 0 Å². The molecule has 0 radical (unpaired) electrons. The average molecular weight is 339 g/mol. The third kappa shape index (κ3) is 2.17. The Balaban J connectivity index is 2.24. The first-order valence-corrected chi connectivity index (χ1v) is 8.35. The predicted octanol–water partition coefficient (Wildman–Crippen LogP) is 3.34. The standard InChI is InChI=1S/C20H21NO4/c1-18(2)14-6-7-19(3)9-11(17(24)25)13(22)8-15(19)20(14,4)10-12(21-5)16(18)23/h8-10,14H,6-7H2,1-4H3,(H,24,25)/t14-,19-,20-/m0/s1. The summed E-state index contributed by atoms with van der Waals surface area (Å²) < 4.78 is 0. The molecule has 25 heavy (non-hydrogen) atoms. The molecule has 0 saturated heterocycles. The van der Waals surface area contributed by atoms with Crippen molar-refractivity contribution in [3.8, 4) is 0 Å². The predicted molar refractivity (Wildman–Crippen MR) is 91.2 cm³/mol. The van der Waals surface area contributed by atoms with Gasteiger partial charge in [-0.3, -0.25) is 4.79 Å². The van der Waals surface area contributed by atoms with Gasteiger partial charge in [-0.1, -0.05) is 39.8 Å². The summed E-state index contributed by atoms with van der Waals surface area (Å²) in [5, 5.41) is 9.29. The highest BCUT2D eigenvalue weighted by Gasteiger charge is 2.58. The monoisotopic (exact) mass is 339 g/mol. The van der Waals surface area contributed by atoms with Gasteiger partial charge in [0.2, 0.25) is 5.70 Å². The lowest BCUT2D eigenvalue weighted by Gasteiger charge is -2.57. The second-order valence-corrected chi connectivity index (χ2v) is 8.27. The molecule has 0 aromatic carbocycles. The SMILES string of the molecule is [C-]#[N+]C1=C[C@]2(C)C3=CC(=O)C(C(=O)O)=C[C@]3(C)CC[C@H]2C(C)(C)C1=O. The number of fused-ring (bicyclic) bond motifs is 3. The molecule has 3 atom stereocenters. The van der Waals surface area contributed by atoms with E-state index in [2.05, 4.69) is 4.85 Å². The van der Waals surface area contributed by atoms with Gasteiger partial charge in [-0.2, -0.15) is 0 Å². The summed E-state index contributed by atoms with van der Waals surface area (Å²) in [4.78, 5) is 39.8. The van der Waals surface area contributed by atoms with Gasteiger partial charge in [0.15, 0.2) is 11.6 Å². The third-order valence-corrected chi connectivity index (χ3v) is 6.35. The van der Waals surface area contributed by atoms with Gasteiger partial charge >= 0.3 is 5.97 Å². The fourth-order valence-electron chi connectivity index (χ4n) is 5.13. The van der Waals surface area contributed by atoms with E-state index in [1.807, 2.05) is 27.7 Å². The first kappa shape index (κ1) is 17.3. The number of ketones is 2. The largest absolute Gasteiger partial charge is 0.478 e. The van der Waals surface area contributed by atoms with E-state index in [0.717, 1.165) is 12.0 Å². The molecule has 3 aliphatic rings. The summed E-state index contributed by atoms with van der Waals surface area (Å²) in [7, 11) is 0. The number of nitrogens with zero attached hydrogens (tertiary/aromatic N) is 1. The minimum Gasteiger partial charge on any atom is -0.478 e. The maximum absolute atomic E-state index is 12.7. The Labute approximate surface area is 146 Å². The van der Waals surface area contributed by atoms with Crippen molar-refractivity contribution in [3.63, 3.8) is 0 Å². The van der Waals surface area contributed by atoms with Crippen molar-refractivity contribution in [2.75, 3.05) is 0 Å². The van der Waals surface area contributed by atoms with Gasteiger partial charge in [0.1, 0.15) is 5.57 Å². The van der Waals surface area contributed by atoms with E-state index >= 15 is 0 Å². The smallest absolute Gasteiger partial charge is 0.339 e. The molecule has 0 amide bonds. The molecule has 1 saturated carbocycles. The quantitative estimate of drug-likeness (QED) is 0.587. The number of hydrogen-bond acceptors (Lipinski definition) is 3. The lowest BCUT2D eigenvalue weighted by Crippen LogP contribution is -2.53. The molecule has 5 heteroatoms. The lowest BCUT2D eigenvalue weighted by atomic mass is 9.46. The molecular formula is C20H21NO4. The van der Waals surface area contributed by atoms with Crippen molar-refractivity contribution in [1.29, 1.82) is 0 Å². The fourth-order valence-corrected chi connectivity index (χ4v) is 5.13. The summed E-state index contributed by atoms with van der Waals surface area (Å²) in [6.07, 6.45) is 6.08. The van der Waals surface area contributed by atoms with Gasteiger partial charge < -0.3 is 9.90 Å². The highest BCUT2D eigenvalue weighted by Crippen LogP contribution is 2.63. The molecule has 0 bridgehead atoms. The Morgan fingerprint density at radius 1 is 1.24 bits per heavy atom. The van der Waals surface area contributed by atoms with Crippen molar-refractivity contribution in [1.82, 2.24) is 0 Å². The molecule has 5 nitrogen and oxygen atoms in total. The molecule has 0 aromatic heterocycles. The van der Waals surface area contributed by atoms with Gasteiger partial charge in [0.05, 0.1) is 6.57 Å². The summed E-state index contributed by atoms with van der Waals surface area (Å²) >= 11 is 0. The number of carboxylic acids is 1. The Hall–Kier alpha value is -2.48. The van der Waals surface area contributed by atoms with Crippen LogP contribution in [-0.4, -0.2) is 22.6 Å². The number of carbonyl (C=O) groups excluding carboxylic acids is 2. The molecule has 0 aliphatic heterocycles. The normalized spacial score (nSPS) is 36.3. The van der Waals surface area contributed by atoms with Crippen LogP contribution >= 0.6 is 0 Å². The van der Waals surface area contributed by atoms with Crippen LogP contribution in [0.5, 0.6) is 0 Å². The molecule has 3 rings (SSSR count). The second-order valence-electron chi connectivity index (χ2n) is 8.27. The highest BCUT2D eigenvalue weighted by molar-refractivity contribution is 6.22. The first-order chi connectivity index (χ1) is 11.5. The van der Waals surface area contributed by atoms with Crippen molar-refractivity contribution in [2.24, 2.45) is 22.2 Å². The van der Waals surface area contributed by atoms with Crippen LogP contribution < -0.4 is 0 Å². The van der Waals surface area contributed by atoms with Gasteiger partial charge in [0, 0.05) is 16.2 Å². The van der Waals surface area contributed by atoms with Gasteiger partial charge in [-0.05, 0) is 30.4 Å². The molecule has 0 spiro atoms. The van der Waals surface area contributed by atoms with E-state index < -0.39 is 28.0 Å². The first-order valence-electron chi connectivity index (χ1n) is 8.35. The van der Waals surface area contributed by atoms with Crippen molar-refractivity contribution in [2.45, 2.75) is 40.5 Å². The van der Waals surface area contributed by atoms with Crippen LogP contribution in [0.2, 0.25) is 0 Å². The molecule has 0 heterocycles. The number of carboxylic acid groups (broad SMARTS) is 1. The van der Waals surface area contributed by atoms with Gasteiger partial charge in [0.25, 0.3) is 0 Å². The Morgan fingerprint density at radius 3 is 2.44 bits per heavy atom. The molecule has 0 aromatic rings. The third-order valence-electron chi connectivity index (χ3n) is 6.35. The Morgan fingerprint density at radius 2 is 1.88 bits per heavy atom. The Kier molecular flexibility index (Phi) is 3.48. The number of carbonyl (C=O) groups is 3. The summed E-state index contributed by atoms with van der Waals surface area (Å²) in [5.74, 6) is -1.93. The molecule has 3 aliphatic carbocycles. The van der Waals surface area contributed by atoms with E-state index in [9.17, 15) is 19.5 Å². The van der Waals surface area contributed by atoms with Crippen LogP contribution in [0.4, 0.5) is 0 Å². The number of aliphatic carboxylic acids is 1. The molecule has 130 valence electrons. The van der Waals surface area contributed by atoms with Crippen molar-refractivity contribution in [3.05, 3.63) is 46.5 Å². The topological polar surface area (TPSA) is 75.8 Å². The zero-order valence-corrected chi connectivity index (χ0v) is 14.8. The average Bonchev–Trinajstić information content (AvgIpc) is 2.52. The number of rotatable bonds is 1. The minimum absolute atomic E-state index is 0.0371. The van der Waals surface area contributed by atoms with Crippen LogP contribution in [0, 0.1) is 28.7 Å². The number of hydrogen-bond donors (Lipinski definition) is 1. The van der Waals surface area contributed by atoms with Crippen molar-refractivity contribution >= 4 is 17.5 Å². The van der Waals surface area contributed by atoms with E-state index in [4.69, 9.17) is 6.57 Å². The second kappa shape index (κ2) is 5.01. The fraction of sp³-hybridized carbons (Fsp3) is 0.500. The zero-order valence-electron chi connectivity index (χ0n) is 14.8. The zero-order chi connectivity index (χ0) is 18.8.